The molecule has 0 saturated heterocycles. The van der Waals surface area contributed by atoms with E-state index in [-0.39, 0.29) is 5.91 Å². The van der Waals surface area contributed by atoms with Crippen molar-refractivity contribution < 1.29 is 4.79 Å². The summed E-state index contributed by atoms with van der Waals surface area (Å²) in [7, 11) is 0. The molecule has 192 valence electrons. The molecule has 1 unspecified atom stereocenters. The summed E-state index contributed by atoms with van der Waals surface area (Å²) in [6.45, 7) is 5.93. The van der Waals surface area contributed by atoms with E-state index in [0.717, 1.165) is 50.2 Å². The normalized spacial score (nSPS) is 11.6. The van der Waals surface area contributed by atoms with Crippen LogP contribution < -0.4 is 5.32 Å². The van der Waals surface area contributed by atoms with E-state index in [0.29, 0.717) is 17.0 Å². The molecule has 0 aliphatic heterocycles. The third kappa shape index (κ3) is 5.69. The Morgan fingerprint density at radius 3 is 2.36 bits per heavy atom. The second kappa shape index (κ2) is 11.5. The first-order valence-electron chi connectivity index (χ1n) is 12.9. The first-order valence-corrected chi connectivity index (χ1v) is 13.8. The second-order valence-electron chi connectivity index (χ2n) is 9.41. The van der Waals surface area contributed by atoms with Gasteiger partial charge in [-0.25, -0.2) is 4.98 Å². The minimum absolute atomic E-state index is 0.133. The molecule has 0 radical (unpaired) electrons. The van der Waals surface area contributed by atoms with Crippen molar-refractivity contribution in [2.24, 2.45) is 0 Å². The van der Waals surface area contributed by atoms with Crippen molar-refractivity contribution in [2.45, 2.75) is 37.5 Å². The van der Waals surface area contributed by atoms with Gasteiger partial charge in [0.05, 0.1) is 27.7 Å². The van der Waals surface area contributed by atoms with E-state index in [4.69, 9.17) is 4.98 Å². The molecule has 5 nitrogen and oxygen atoms in total. The van der Waals surface area contributed by atoms with Gasteiger partial charge >= 0.3 is 0 Å². The number of anilines is 1. The Morgan fingerprint density at radius 1 is 0.923 bits per heavy atom. The first-order chi connectivity index (χ1) is 19.0. The van der Waals surface area contributed by atoms with Crippen molar-refractivity contribution in [1.82, 2.24) is 9.97 Å². The van der Waals surface area contributed by atoms with E-state index in [1.54, 1.807) is 0 Å². The van der Waals surface area contributed by atoms with Gasteiger partial charge in [0.2, 0.25) is 5.91 Å². The molecule has 5 aromatic rings. The molecule has 1 atom stereocenters. The quantitative estimate of drug-likeness (QED) is 0.217. The molecule has 2 aromatic heterocycles. The van der Waals surface area contributed by atoms with Gasteiger partial charge in [-0.15, -0.1) is 0 Å². The lowest BCUT2D eigenvalue weighted by molar-refractivity contribution is -0.115. The Hall–Kier alpha value is -4.47. The van der Waals surface area contributed by atoms with Crippen molar-refractivity contribution in [3.63, 3.8) is 0 Å². The van der Waals surface area contributed by atoms with Crippen LogP contribution in [-0.4, -0.2) is 21.1 Å². The molecule has 6 heteroatoms. The van der Waals surface area contributed by atoms with Gasteiger partial charge in [-0.3, -0.25) is 9.78 Å². The van der Waals surface area contributed by atoms with E-state index >= 15 is 0 Å². The van der Waals surface area contributed by atoms with Crippen LogP contribution in [-0.2, 0) is 4.79 Å². The Bertz CT molecular complexity index is 1690. The highest BCUT2D eigenvalue weighted by molar-refractivity contribution is 8.00. The van der Waals surface area contributed by atoms with Gasteiger partial charge in [-0.2, -0.15) is 5.26 Å². The predicted octanol–water partition coefficient (Wildman–Crippen LogP) is 7.96. The highest BCUT2D eigenvalue weighted by atomic mass is 32.2. The van der Waals surface area contributed by atoms with E-state index in [1.807, 2.05) is 112 Å². The van der Waals surface area contributed by atoms with Gasteiger partial charge in [0, 0.05) is 22.2 Å². The number of carbonyl (C=O) groups excluding carboxylic acids is 1. The Balaban J connectivity index is 1.55. The summed E-state index contributed by atoms with van der Waals surface area (Å²) in [6, 6.07) is 32.0. The van der Waals surface area contributed by atoms with Gasteiger partial charge in [-0.1, -0.05) is 97.0 Å². The highest BCUT2D eigenvalue weighted by Gasteiger charge is 2.24. The fourth-order valence-electron chi connectivity index (χ4n) is 4.51. The molecular weight excluding hydrogens is 500 g/mol. The number of para-hydroxylation sites is 1. The number of nitrogens with zero attached hydrogens (tertiary/aromatic N) is 3. The van der Waals surface area contributed by atoms with Gasteiger partial charge in [0.1, 0.15) is 11.1 Å². The number of nitrogens with one attached hydrogen (secondary N) is 1. The number of hydrogen-bond acceptors (Lipinski definition) is 5. The number of thioether (sulfide) groups is 1. The van der Waals surface area contributed by atoms with E-state index in [1.165, 1.54) is 11.8 Å². The molecule has 3 aromatic carbocycles. The maximum absolute atomic E-state index is 13.6. The molecular formula is C33H28N4OS. The number of aromatic nitrogens is 2. The van der Waals surface area contributed by atoms with E-state index < -0.39 is 5.25 Å². The molecule has 0 spiro atoms. The molecule has 39 heavy (non-hydrogen) atoms. The number of carbonyl (C=O) groups is 1. The van der Waals surface area contributed by atoms with Crippen LogP contribution in [0, 0.1) is 25.2 Å². The summed E-state index contributed by atoms with van der Waals surface area (Å²) in [5, 5.41) is 14.4. The third-order valence-electron chi connectivity index (χ3n) is 6.55. The lowest BCUT2D eigenvalue weighted by Crippen LogP contribution is -2.25. The average molecular weight is 529 g/mol. The molecule has 1 N–H and O–H groups in total. The summed E-state index contributed by atoms with van der Waals surface area (Å²) in [5.74, 6) is -0.133. The molecule has 1 amide bonds. The van der Waals surface area contributed by atoms with Crippen LogP contribution in [0.5, 0.6) is 0 Å². The summed E-state index contributed by atoms with van der Waals surface area (Å²) < 4.78 is 0. The van der Waals surface area contributed by atoms with Gasteiger partial charge in [0.25, 0.3) is 0 Å². The number of fused-ring (bicyclic) bond motifs is 1. The standard InChI is InChI=1S/C33H28N4OS/c1-4-31(32(38)36-30-18-22(3)35-28-13-9-8-12-25(28)30)39-33-27(20-34)26(23-16-14-21(2)15-17-23)19-29(37-33)24-10-6-5-7-11-24/h5-19,31H,4H2,1-3H3,(H,35,36,38). The monoisotopic (exact) mass is 528 g/mol. The molecule has 0 aliphatic rings. The number of hydrogen-bond donors (Lipinski definition) is 1. The predicted molar refractivity (Wildman–Crippen MR) is 160 cm³/mol. The maximum Gasteiger partial charge on any atom is 0.237 e. The van der Waals surface area contributed by atoms with Crippen molar-refractivity contribution in [2.75, 3.05) is 5.32 Å². The van der Waals surface area contributed by atoms with Crippen molar-refractivity contribution in [3.8, 4) is 28.5 Å². The molecule has 0 saturated carbocycles. The fraction of sp³-hybridized carbons (Fsp3) is 0.152. The Labute approximate surface area is 233 Å². The fourth-order valence-corrected chi connectivity index (χ4v) is 5.54. The largest absolute Gasteiger partial charge is 0.324 e. The van der Waals surface area contributed by atoms with Crippen molar-refractivity contribution in [1.29, 1.82) is 5.26 Å². The lowest BCUT2D eigenvalue weighted by atomic mass is 9.98. The Kier molecular flexibility index (Phi) is 7.72. The van der Waals surface area contributed by atoms with Crippen molar-refractivity contribution in [3.05, 3.63) is 108 Å². The second-order valence-corrected chi connectivity index (χ2v) is 10.6. The summed E-state index contributed by atoms with van der Waals surface area (Å²) in [6.07, 6.45) is 0.570. The van der Waals surface area contributed by atoms with Crippen LogP contribution in [0.2, 0.25) is 0 Å². The zero-order valence-corrected chi connectivity index (χ0v) is 22.9. The Morgan fingerprint density at radius 2 is 1.64 bits per heavy atom. The zero-order chi connectivity index (χ0) is 27.4. The van der Waals surface area contributed by atoms with Crippen molar-refractivity contribution >= 4 is 34.3 Å². The van der Waals surface area contributed by atoms with Crippen LogP contribution >= 0.6 is 11.8 Å². The maximum atomic E-state index is 13.6. The number of rotatable bonds is 7. The van der Waals surface area contributed by atoms with E-state index in [2.05, 4.69) is 16.4 Å². The molecule has 0 bridgehead atoms. The number of aryl methyl sites for hydroxylation is 2. The zero-order valence-electron chi connectivity index (χ0n) is 22.1. The van der Waals surface area contributed by atoms with Gasteiger partial charge in [0.15, 0.2) is 0 Å². The van der Waals surface area contributed by atoms with Gasteiger partial charge in [-0.05, 0) is 44.0 Å². The van der Waals surface area contributed by atoms with Crippen LogP contribution in [0.25, 0.3) is 33.3 Å². The highest BCUT2D eigenvalue weighted by Crippen LogP contribution is 2.37. The van der Waals surface area contributed by atoms with Crippen LogP contribution in [0.3, 0.4) is 0 Å². The van der Waals surface area contributed by atoms with Crippen LogP contribution in [0.15, 0.2) is 96.0 Å². The first kappa shape index (κ1) is 26.1. The SMILES string of the molecule is CCC(Sc1nc(-c2ccccc2)cc(-c2ccc(C)cc2)c1C#N)C(=O)Nc1cc(C)nc2ccccc12. The number of benzene rings is 3. The van der Waals surface area contributed by atoms with Crippen LogP contribution in [0.1, 0.15) is 30.2 Å². The third-order valence-corrected chi connectivity index (χ3v) is 7.90. The number of pyridine rings is 2. The minimum Gasteiger partial charge on any atom is -0.324 e. The molecule has 2 heterocycles. The van der Waals surface area contributed by atoms with Crippen LogP contribution in [0.4, 0.5) is 5.69 Å². The summed E-state index contributed by atoms with van der Waals surface area (Å²) in [4.78, 5) is 23.1. The molecule has 0 aliphatic carbocycles. The summed E-state index contributed by atoms with van der Waals surface area (Å²) in [5.41, 5.74) is 7.47. The number of nitriles is 1. The topological polar surface area (TPSA) is 78.7 Å². The summed E-state index contributed by atoms with van der Waals surface area (Å²) >= 11 is 1.34. The lowest BCUT2D eigenvalue weighted by Gasteiger charge is -2.18. The van der Waals surface area contributed by atoms with Gasteiger partial charge < -0.3 is 5.32 Å². The molecule has 0 fully saturated rings. The molecule has 5 rings (SSSR count). The minimum atomic E-state index is -0.450. The van der Waals surface area contributed by atoms with E-state index in [9.17, 15) is 10.1 Å². The average Bonchev–Trinajstić information content (AvgIpc) is 2.96. The smallest absolute Gasteiger partial charge is 0.237 e. The number of amides is 1.